The zero-order chi connectivity index (χ0) is 22.3. The highest BCUT2D eigenvalue weighted by molar-refractivity contribution is 7.16. The topological polar surface area (TPSA) is 62.0 Å². The van der Waals surface area contributed by atoms with Gasteiger partial charge in [0.2, 0.25) is 0 Å². The van der Waals surface area contributed by atoms with Gasteiger partial charge in [0.05, 0.1) is 23.4 Å². The van der Waals surface area contributed by atoms with E-state index in [9.17, 15) is 4.79 Å². The highest BCUT2D eigenvalue weighted by atomic mass is 32.1. The van der Waals surface area contributed by atoms with Crippen molar-refractivity contribution >= 4 is 27.5 Å². The number of fused-ring (bicyclic) bond motifs is 1. The molecular formula is C25H24N2O4S. The Balaban J connectivity index is 1.68. The number of carbonyl (C=O) groups is 1. The second kappa shape index (κ2) is 10.3. The van der Waals surface area contributed by atoms with Crippen LogP contribution in [-0.2, 0) is 11.3 Å². The molecule has 4 rings (SSSR count). The Morgan fingerprint density at radius 2 is 1.78 bits per heavy atom. The summed E-state index contributed by atoms with van der Waals surface area (Å²) in [7, 11) is 1.66. The largest absolute Gasteiger partial charge is 0.494 e. The predicted molar refractivity (Wildman–Crippen MR) is 126 cm³/mol. The summed E-state index contributed by atoms with van der Waals surface area (Å²) in [6, 6.07) is 22.4. The average Bonchev–Trinajstić information content (AvgIpc) is 3.14. The van der Waals surface area contributed by atoms with Crippen LogP contribution in [0.25, 0.3) is 10.2 Å². The molecular weight excluding hydrogens is 424 g/mol. The zero-order valence-corrected chi connectivity index (χ0v) is 18.8. The third-order valence-corrected chi connectivity index (χ3v) is 5.78. The number of nitrogens with zero attached hydrogens (tertiary/aromatic N) is 2. The van der Waals surface area contributed by atoms with Crippen LogP contribution in [0.3, 0.4) is 0 Å². The van der Waals surface area contributed by atoms with E-state index in [2.05, 4.69) is 4.99 Å². The van der Waals surface area contributed by atoms with Gasteiger partial charge in [0.25, 0.3) is 5.91 Å². The van der Waals surface area contributed by atoms with Crippen molar-refractivity contribution in [2.75, 3.05) is 20.3 Å². The number of ether oxygens (including phenoxy) is 3. The molecule has 1 amide bonds. The van der Waals surface area contributed by atoms with Crippen LogP contribution in [-0.4, -0.2) is 30.8 Å². The van der Waals surface area contributed by atoms with Gasteiger partial charge in [0, 0.05) is 19.2 Å². The van der Waals surface area contributed by atoms with Crippen molar-refractivity contribution in [3.05, 3.63) is 83.2 Å². The van der Waals surface area contributed by atoms with E-state index in [4.69, 9.17) is 14.2 Å². The van der Waals surface area contributed by atoms with Crippen LogP contribution in [0.5, 0.6) is 17.2 Å². The molecule has 0 spiro atoms. The highest BCUT2D eigenvalue weighted by Gasteiger charge is 2.11. The van der Waals surface area contributed by atoms with Gasteiger partial charge < -0.3 is 18.8 Å². The van der Waals surface area contributed by atoms with Crippen LogP contribution in [0.2, 0.25) is 0 Å². The summed E-state index contributed by atoms with van der Waals surface area (Å²) in [5, 5.41) is 0. The summed E-state index contributed by atoms with van der Waals surface area (Å²) in [6.45, 7) is 3.65. The van der Waals surface area contributed by atoms with Gasteiger partial charge in [-0.3, -0.25) is 4.79 Å². The maximum atomic E-state index is 13.0. The lowest BCUT2D eigenvalue weighted by molar-refractivity contribution is 0.0997. The van der Waals surface area contributed by atoms with Gasteiger partial charge in [0.1, 0.15) is 17.2 Å². The fraction of sp³-hybridized carbons (Fsp3) is 0.200. The van der Waals surface area contributed by atoms with Crippen LogP contribution in [0.1, 0.15) is 17.3 Å². The van der Waals surface area contributed by atoms with Crippen LogP contribution < -0.4 is 14.3 Å². The lowest BCUT2D eigenvalue weighted by Gasteiger charge is -2.07. The van der Waals surface area contributed by atoms with Crippen LogP contribution in [0, 0.1) is 0 Å². The molecule has 6 nitrogen and oxygen atoms in total. The molecule has 164 valence electrons. The number of hydrogen-bond acceptors (Lipinski definition) is 5. The van der Waals surface area contributed by atoms with Crippen molar-refractivity contribution in [2.24, 2.45) is 4.99 Å². The van der Waals surface area contributed by atoms with Gasteiger partial charge in [-0.15, -0.1) is 0 Å². The van der Waals surface area contributed by atoms with E-state index in [1.807, 2.05) is 66.1 Å². The van der Waals surface area contributed by atoms with E-state index in [1.54, 1.807) is 25.3 Å². The molecule has 0 aliphatic rings. The molecule has 1 aromatic heterocycles. The van der Waals surface area contributed by atoms with Crippen LogP contribution in [0.15, 0.2) is 77.8 Å². The number of methoxy groups -OCH3 is 1. The number of benzene rings is 3. The van der Waals surface area contributed by atoms with Gasteiger partial charge >= 0.3 is 0 Å². The minimum absolute atomic E-state index is 0.328. The summed E-state index contributed by atoms with van der Waals surface area (Å²) in [5.41, 5.74) is 1.45. The minimum Gasteiger partial charge on any atom is -0.494 e. The second-order valence-corrected chi connectivity index (χ2v) is 7.96. The zero-order valence-electron chi connectivity index (χ0n) is 18.0. The third kappa shape index (κ3) is 5.07. The standard InChI is InChI=1S/C25H24N2O4S/c1-3-30-20-12-13-22-23(17-20)32-25(27(22)14-15-29-2)26-24(28)18-8-7-11-21(16-18)31-19-9-5-4-6-10-19/h4-13,16-17H,3,14-15H2,1-2H3. The first-order valence-electron chi connectivity index (χ1n) is 10.3. The lowest BCUT2D eigenvalue weighted by Crippen LogP contribution is -2.19. The maximum absolute atomic E-state index is 13.0. The van der Waals surface area contributed by atoms with Gasteiger partial charge in [0.15, 0.2) is 4.80 Å². The van der Waals surface area contributed by atoms with Crippen LogP contribution in [0.4, 0.5) is 0 Å². The molecule has 3 aromatic carbocycles. The smallest absolute Gasteiger partial charge is 0.279 e. The van der Waals surface area contributed by atoms with E-state index in [1.165, 1.54) is 11.3 Å². The number of para-hydroxylation sites is 1. The second-order valence-electron chi connectivity index (χ2n) is 6.95. The molecule has 0 saturated carbocycles. The first kappa shape index (κ1) is 21.8. The van der Waals surface area contributed by atoms with Gasteiger partial charge in [-0.2, -0.15) is 4.99 Å². The number of hydrogen-bond donors (Lipinski definition) is 0. The van der Waals surface area contributed by atoms with Gasteiger partial charge in [-0.05, 0) is 55.5 Å². The summed E-state index contributed by atoms with van der Waals surface area (Å²) in [4.78, 5) is 18.1. The summed E-state index contributed by atoms with van der Waals surface area (Å²) in [5.74, 6) is 1.76. The van der Waals surface area contributed by atoms with Crippen molar-refractivity contribution < 1.29 is 19.0 Å². The maximum Gasteiger partial charge on any atom is 0.279 e. The Labute approximate surface area is 190 Å². The SMILES string of the molecule is CCOc1ccc2c(c1)sc(=NC(=O)c1cccc(Oc3ccccc3)c1)n2CCOC. The molecule has 0 unspecified atom stereocenters. The molecule has 0 radical (unpaired) electrons. The Morgan fingerprint density at radius 1 is 0.969 bits per heavy atom. The first-order chi connectivity index (χ1) is 15.7. The molecule has 0 saturated heterocycles. The molecule has 0 bridgehead atoms. The van der Waals surface area contributed by atoms with Gasteiger partial charge in [-0.25, -0.2) is 0 Å². The number of aromatic nitrogens is 1. The molecule has 7 heteroatoms. The van der Waals surface area contributed by atoms with E-state index in [0.29, 0.717) is 41.6 Å². The van der Waals surface area contributed by atoms with Crippen molar-refractivity contribution in [1.29, 1.82) is 0 Å². The molecule has 0 fully saturated rings. The molecule has 0 N–H and O–H groups in total. The van der Waals surface area contributed by atoms with E-state index >= 15 is 0 Å². The quantitative estimate of drug-likeness (QED) is 0.368. The Hall–Kier alpha value is -3.42. The van der Waals surface area contributed by atoms with Crippen molar-refractivity contribution in [3.63, 3.8) is 0 Å². The number of carbonyl (C=O) groups excluding carboxylic acids is 1. The Kier molecular flexibility index (Phi) is 6.99. The van der Waals surface area contributed by atoms with Crippen molar-refractivity contribution in [3.8, 4) is 17.2 Å². The fourth-order valence-electron chi connectivity index (χ4n) is 3.26. The summed E-state index contributed by atoms with van der Waals surface area (Å²) < 4.78 is 19.7. The summed E-state index contributed by atoms with van der Waals surface area (Å²) >= 11 is 1.45. The minimum atomic E-state index is -0.328. The highest BCUT2D eigenvalue weighted by Crippen LogP contribution is 2.24. The first-order valence-corrected chi connectivity index (χ1v) is 11.2. The number of thiazole rings is 1. The number of rotatable bonds is 8. The van der Waals surface area contributed by atoms with Crippen LogP contribution >= 0.6 is 11.3 Å². The molecule has 1 heterocycles. The predicted octanol–water partition coefficient (Wildman–Crippen LogP) is 5.28. The number of amides is 1. The average molecular weight is 449 g/mol. The lowest BCUT2D eigenvalue weighted by atomic mass is 10.2. The Morgan fingerprint density at radius 3 is 2.56 bits per heavy atom. The van der Waals surface area contributed by atoms with E-state index in [0.717, 1.165) is 16.0 Å². The van der Waals surface area contributed by atoms with Crippen molar-refractivity contribution in [2.45, 2.75) is 13.5 Å². The molecule has 0 aliphatic heterocycles. The van der Waals surface area contributed by atoms with E-state index < -0.39 is 0 Å². The molecule has 4 aromatic rings. The molecule has 0 aliphatic carbocycles. The van der Waals surface area contributed by atoms with Crippen molar-refractivity contribution in [1.82, 2.24) is 4.57 Å². The van der Waals surface area contributed by atoms with E-state index in [-0.39, 0.29) is 5.91 Å². The molecule has 0 atom stereocenters. The fourth-order valence-corrected chi connectivity index (χ4v) is 4.35. The third-order valence-electron chi connectivity index (χ3n) is 4.74. The normalized spacial score (nSPS) is 11.6. The monoisotopic (exact) mass is 448 g/mol. The summed E-state index contributed by atoms with van der Waals surface area (Å²) in [6.07, 6.45) is 0. The Bertz CT molecular complexity index is 1280. The molecule has 32 heavy (non-hydrogen) atoms. The van der Waals surface area contributed by atoms with Gasteiger partial charge in [-0.1, -0.05) is 35.6 Å².